The van der Waals surface area contributed by atoms with E-state index >= 15 is 0 Å². The molecule has 0 aliphatic carbocycles. The molecule has 0 atom stereocenters. The summed E-state index contributed by atoms with van der Waals surface area (Å²) in [6.07, 6.45) is 1.21. The molecule has 0 saturated carbocycles. The van der Waals surface area contributed by atoms with Crippen LogP contribution in [0.4, 0.5) is 0 Å². The Kier molecular flexibility index (Phi) is 13.9. The summed E-state index contributed by atoms with van der Waals surface area (Å²) in [7, 11) is -8.36. The second-order valence-corrected chi connectivity index (χ2v) is 5.32. The van der Waals surface area contributed by atoms with Gasteiger partial charge < -0.3 is 36.0 Å². The molecule has 82 valence electrons. The Balaban J connectivity index is -0.000000177. The van der Waals surface area contributed by atoms with Gasteiger partial charge in [0.25, 0.3) is 0 Å². The Morgan fingerprint density at radius 2 is 1.43 bits per heavy atom. The van der Waals surface area contributed by atoms with Crippen LogP contribution in [0.2, 0.25) is 6.04 Å². The van der Waals surface area contributed by atoms with Gasteiger partial charge in [-0.1, -0.05) is 6.42 Å². The van der Waals surface area contributed by atoms with Crippen molar-refractivity contribution < 1.29 is 63.2 Å². The predicted octanol–water partition coefficient (Wildman–Crippen LogP) is -4.41. The van der Waals surface area contributed by atoms with E-state index in [-0.39, 0.29) is 35.6 Å². The molecule has 0 aromatic heterocycles. The van der Waals surface area contributed by atoms with Gasteiger partial charge in [-0.15, -0.1) is 0 Å². The van der Waals surface area contributed by atoms with Crippen LogP contribution >= 0.6 is 7.82 Å². The fraction of sp³-hybridized carbons (Fsp3) is 0.750. The van der Waals surface area contributed by atoms with E-state index in [1.807, 2.05) is 0 Å². The van der Waals surface area contributed by atoms with Crippen LogP contribution in [0.5, 0.6) is 0 Å². The minimum absolute atomic E-state index is 0. The third kappa shape index (κ3) is 51.1. The largest absolute Gasteiger partial charge is 1.00 e. The second kappa shape index (κ2) is 9.43. The first-order valence-electron chi connectivity index (χ1n) is 3.31. The Labute approximate surface area is 105 Å². The number of rotatable bonds is 3. The summed E-state index contributed by atoms with van der Waals surface area (Å²) in [4.78, 5) is 46.7. The number of unbranched alkanes of at least 4 members (excludes halogenated alkanes) is 1. The van der Waals surface area contributed by atoms with Crippen LogP contribution in [0.3, 0.4) is 0 Å². The van der Waals surface area contributed by atoms with Gasteiger partial charge in [0, 0.05) is 6.04 Å². The van der Waals surface area contributed by atoms with Crippen molar-refractivity contribution >= 4 is 16.6 Å². The predicted molar refractivity (Wildman–Crippen MR) is 46.1 cm³/mol. The van der Waals surface area contributed by atoms with Crippen molar-refractivity contribution in [2.45, 2.75) is 18.9 Å². The van der Waals surface area contributed by atoms with Crippen LogP contribution in [-0.4, -0.2) is 37.9 Å². The Hall–Kier alpha value is 1.21. The minimum atomic E-state index is -4.64. The van der Waals surface area contributed by atoms with Crippen LogP contribution < -0.4 is 29.6 Å². The van der Waals surface area contributed by atoms with E-state index in [2.05, 4.69) is 6.92 Å². The van der Waals surface area contributed by atoms with E-state index in [4.69, 9.17) is 33.6 Å². The van der Waals surface area contributed by atoms with Crippen LogP contribution in [0.15, 0.2) is 0 Å². The van der Waals surface area contributed by atoms with Crippen molar-refractivity contribution in [1.82, 2.24) is 0 Å². The number of hydrogen-bond acceptors (Lipinski definition) is 4. The van der Waals surface area contributed by atoms with Gasteiger partial charge in [0.15, 0.2) is 0 Å². The average Bonchev–Trinajstić information content (AvgIpc) is 1.77. The molecule has 0 radical (unpaired) electrons. The van der Waals surface area contributed by atoms with Gasteiger partial charge >= 0.3 is 46.2 Å². The van der Waals surface area contributed by atoms with Gasteiger partial charge in [0.1, 0.15) is 0 Å². The smallest absolute Gasteiger partial charge is 0.390 e. The molecule has 10 heteroatoms. The average molecular weight is 256 g/mol. The van der Waals surface area contributed by atoms with Crippen LogP contribution in [0.25, 0.3) is 0 Å². The maximum Gasteiger partial charge on any atom is 1.00 e. The van der Waals surface area contributed by atoms with E-state index in [1.54, 1.807) is 0 Å². The third-order valence-corrected chi connectivity index (χ3v) is 1.79. The van der Waals surface area contributed by atoms with Gasteiger partial charge in [-0.2, -0.15) is 6.42 Å². The Bertz CT molecular complexity index is 157. The monoisotopic (exact) mass is 256 g/mol. The second-order valence-electron chi connectivity index (χ2n) is 2.24. The van der Waals surface area contributed by atoms with Gasteiger partial charge in [-0.25, -0.2) is 4.57 Å². The molecule has 0 rings (SSSR count). The van der Waals surface area contributed by atoms with Crippen molar-refractivity contribution in [2.75, 3.05) is 0 Å². The van der Waals surface area contributed by atoms with Crippen molar-refractivity contribution in [3.63, 3.8) is 0 Å². The van der Waals surface area contributed by atoms with Gasteiger partial charge in [0.05, 0.1) is 0 Å². The summed E-state index contributed by atoms with van der Waals surface area (Å²) in [5.74, 6) is 0. The Morgan fingerprint density at radius 3 is 1.50 bits per heavy atom. The standard InChI is InChI=1S/C4H11O3Si.Na.H3O4P/c1-2-3-4-8(5,6)7;;1-5(2,3)4/h5-7H,1-4H2;;(H3,1,2,3,4)/q-1;+1;. The Morgan fingerprint density at radius 1 is 1.14 bits per heavy atom. The molecule has 0 amide bonds. The quantitative estimate of drug-likeness (QED) is 0.170. The van der Waals surface area contributed by atoms with Crippen molar-refractivity contribution in [2.24, 2.45) is 0 Å². The van der Waals surface area contributed by atoms with Crippen molar-refractivity contribution in [1.29, 1.82) is 0 Å². The molecule has 0 aromatic rings. The molecule has 14 heavy (non-hydrogen) atoms. The molecule has 0 heterocycles. The first-order chi connectivity index (χ1) is 5.56. The normalized spacial score (nSPS) is 11.1. The number of hydrogen-bond donors (Lipinski definition) is 6. The van der Waals surface area contributed by atoms with Gasteiger partial charge in [-0.05, 0) is 0 Å². The molecule has 0 aromatic carbocycles. The van der Waals surface area contributed by atoms with Gasteiger partial charge in [-0.3, -0.25) is 0 Å². The van der Waals surface area contributed by atoms with Crippen LogP contribution in [0, 0.1) is 6.92 Å². The SMILES string of the molecule is O=P(O)(O)O.[CH2-]CCC[Si](O)(O)O.[Na+]. The first-order valence-corrected chi connectivity index (χ1v) is 6.92. The van der Waals surface area contributed by atoms with E-state index in [0.29, 0.717) is 12.8 Å². The minimum Gasteiger partial charge on any atom is -0.390 e. The first kappa shape index (κ1) is 20.6. The van der Waals surface area contributed by atoms with Crippen molar-refractivity contribution in [3.05, 3.63) is 6.92 Å². The summed E-state index contributed by atoms with van der Waals surface area (Å²) in [6, 6.07) is 0.108. The zero-order valence-corrected chi connectivity index (χ0v) is 11.8. The summed E-state index contributed by atoms with van der Waals surface area (Å²) in [6.45, 7) is 3.48. The molecule has 0 saturated heterocycles. The fourth-order valence-corrected chi connectivity index (χ4v) is 1.09. The van der Waals surface area contributed by atoms with Crippen LogP contribution in [0.1, 0.15) is 12.8 Å². The molecule has 6 N–H and O–H groups in total. The molecule has 0 aliphatic rings. The molecule has 0 aliphatic heterocycles. The van der Waals surface area contributed by atoms with E-state index in [1.165, 1.54) is 0 Å². The van der Waals surface area contributed by atoms with E-state index < -0.39 is 16.6 Å². The maximum atomic E-state index is 8.88. The van der Waals surface area contributed by atoms with Crippen LogP contribution in [-0.2, 0) is 4.57 Å². The zero-order valence-electron chi connectivity index (χ0n) is 7.87. The third-order valence-electron chi connectivity index (χ3n) is 0.762. The van der Waals surface area contributed by atoms with Crippen molar-refractivity contribution in [3.8, 4) is 0 Å². The summed E-state index contributed by atoms with van der Waals surface area (Å²) in [5.41, 5.74) is 0. The number of phosphoric acid groups is 1. The van der Waals surface area contributed by atoms with E-state index in [0.717, 1.165) is 0 Å². The van der Waals surface area contributed by atoms with E-state index in [9.17, 15) is 0 Å². The molecule has 0 fully saturated rings. The molecule has 0 bridgehead atoms. The topological polar surface area (TPSA) is 138 Å². The fourth-order valence-electron chi connectivity index (χ4n) is 0.362. The molecular weight excluding hydrogens is 242 g/mol. The molecule has 0 spiro atoms. The summed E-state index contributed by atoms with van der Waals surface area (Å²) in [5, 5.41) is 0. The summed E-state index contributed by atoms with van der Waals surface area (Å²) < 4.78 is 8.88. The zero-order chi connectivity index (χ0) is 11.1. The molecular formula is C4H14NaO7PSi. The summed E-state index contributed by atoms with van der Waals surface area (Å²) >= 11 is 0. The maximum absolute atomic E-state index is 8.88. The molecule has 7 nitrogen and oxygen atoms in total. The van der Waals surface area contributed by atoms with Gasteiger partial charge in [0.2, 0.25) is 0 Å². The molecule has 0 unspecified atom stereocenters.